The normalized spacial score (nSPS) is 10.4. The van der Waals surface area contributed by atoms with Crippen LogP contribution in [0.5, 0.6) is 5.75 Å². The van der Waals surface area contributed by atoms with Crippen molar-refractivity contribution in [1.82, 2.24) is 4.90 Å². The molecule has 2 amide bonds. The number of nitrogens with zero attached hydrogens (tertiary/aromatic N) is 1. The second kappa shape index (κ2) is 6.93. The van der Waals surface area contributed by atoms with Crippen LogP contribution in [0.2, 0.25) is 0 Å². The molecule has 0 saturated heterocycles. The summed E-state index contributed by atoms with van der Waals surface area (Å²) < 4.78 is 5.60. The first-order chi connectivity index (χ1) is 9.32. The molecule has 110 valence electrons. The molecule has 0 bridgehead atoms. The number of primary amides is 1. The van der Waals surface area contributed by atoms with Crippen molar-refractivity contribution in [3.63, 3.8) is 0 Å². The van der Waals surface area contributed by atoms with E-state index in [1.807, 2.05) is 45.9 Å². The van der Waals surface area contributed by atoms with Crippen LogP contribution in [0.3, 0.4) is 0 Å². The monoisotopic (exact) mass is 278 g/mol. The molecule has 0 aromatic heterocycles. The minimum absolute atomic E-state index is 0.0907. The lowest BCUT2D eigenvalue weighted by atomic mass is 10.1. The number of hydrogen-bond acceptors (Lipinski definition) is 3. The Hall–Kier alpha value is -2.04. The van der Waals surface area contributed by atoms with Gasteiger partial charge in [0.25, 0.3) is 5.91 Å². The van der Waals surface area contributed by atoms with Gasteiger partial charge in [0, 0.05) is 6.04 Å². The first-order valence-electron chi connectivity index (χ1n) is 6.59. The lowest BCUT2D eigenvalue weighted by Gasteiger charge is -2.25. The number of benzene rings is 1. The summed E-state index contributed by atoms with van der Waals surface area (Å²) in [4.78, 5) is 24.5. The Morgan fingerprint density at radius 3 is 2.25 bits per heavy atom. The van der Waals surface area contributed by atoms with E-state index in [4.69, 9.17) is 10.5 Å². The highest BCUT2D eigenvalue weighted by Gasteiger charge is 2.19. The number of rotatable bonds is 6. The number of amides is 2. The quantitative estimate of drug-likeness (QED) is 0.855. The molecule has 20 heavy (non-hydrogen) atoms. The van der Waals surface area contributed by atoms with E-state index >= 15 is 0 Å². The SMILES string of the molecule is Cc1cccc(C)c1OCC(=O)N(CC(N)=O)C(C)C. The van der Waals surface area contributed by atoms with Gasteiger partial charge in [0.1, 0.15) is 5.75 Å². The van der Waals surface area contributed by atoms with Crippen LogP contribution in [-0.4, -0.2) is 35.9 Å². The van der Waals surface area contributed by atoms with E-state index in [0.29, 0.717) is 5.75 Å². The zero-order chi connectivity index (χ0) is 15.3. The summed E-state index contributed by atoms with van der Waals surface area (Å²) in [6.07, 6.45) is 0. The number of hydrogen-bond donors (Lipinski definition) is 1. The number of carbonyl (C=O) groups excluding carboxylic acids is 2. The van der Waals surface area contributed by atoms with Crippen molar-refractivity contribution < 1.29 is 14.3 Å². The van der Waals surface area contributed by atoms with Gasteiger partial charge in [0.05, 0.1) is 6.54 Å². The van der Waals surface area contributed by atoms with Gasteiger partial charge in [-0.15, -0.1) is 0 Å². The Morgan fingerprint density at radius 2 is 1.80 bits per heavy atom. The smallest absolute Gasteiger partial charge is 0.261 e. The first kappa shape index (κ1) is 16.0. The van der Waals surface area contributed by atoms with Crippen LogP contribution in [0.15, 0.2) is 18.2 Å². The molecule has 1 aromatic carbocycles. The van der Waals surface area contributed by atoms with Gasteiger partial charge in [-0.3, -0.25) is 9.59 Å². The highest BCUT2D eigenvalue weighted by molar-refractivity contribution is 5.84. The average Bonchev–Trinajstić information content (AvgIpc) is 2.34. The summed E-state index contributed by atoms with van der Waals surface area (Å²) in [7, 11) is 0. The van der Waals surface area contributed by atoms with E-state index in [2.05, 4.69) is 0 Å². The van der Waals surface area contributed by atoms with Crippen molar-refractivity contribution in [1.29, 1.82) is 0 Å². The fraction of sp³-hybridized carbons (Fsp3) is 0.467. The van der Waals surface area contributed by atoms with Crippen LogP contribution in [-0.2, 0) is 9.59 Å². The Bertz CT molecular complexity index is 478. The summed E-state index contributed by atoms with van der Waals surface area (Å²) in [6, 6.07) is 5.69. The summed E-state index contributed by atoms with van der Waals surface area (Å²) in [6.45, 7) is 7.33. The van der Waals surface area contributed by atoms with Crippen molar-refractivity contribution in [2.24, 2.45) is 5.73 Å². The molecule has 5 nitrogen and oxygen atoms in total. The van der Waals surface area contributed by atoms with Gasteiger partial charge < -0.3 is 15.4 Å². The van der Waals surface area contributed by atoms with Crippen molar-refractivity contribution in [3.05, 3.63) is 29.3 Å². The highest BCUT2D eigenvalue weighted by Crippen LogP contribution is 2.22. The zero-order valence-corrected chi connectivity index (χ0v) is 12.5. The van der Waals surface area contributed by atoms with Crippen LogP contribution in [0.4, 0.5) is 0 Å². The fourth-order valence-electron chi connectivity index (χ4n) is 1.97. The van der Waals surface area contributed by atoms with Gasteiger partial charge in [-0.1, -0.05) is 18.2 Å². The molecule has 0 fully saturated rings. The van der Waals surface area contributed by atoms with Crippen molar-refractivity contribution >= 4 is 11.8 Å². The van der Waals surface area contributed by atoms with Crippen LogP contribution in [0, 0.1) is 13.8 Å². The summed E-state index contributed by atoms with van der Waals surface area (Å²) in [5.74, 6) is -0.0655. The number of ether oxygens (including phenoxy) is 1. The molecule has 0 aliphatic rings. The van der Waals surface area contributed by atoms with Gasteiger partial charge >= 0.3 is 0 Å². The molecule has 0 aliphatic carbocycles. The lowest BCUT2D eigenvalue weighted by Crippen LogP contribution is -2.44. The summed E-state index contributed by atoms with van der Waals surface area (Å²) in [5.41, 5.74) is 7.10. The molecule has 1 rings (SSSR count). The number of carbonyl (C=O) groups is 2. The first-order valence-corrected chi connectivity index (χ1v) is 6.59. The predicted molar refractivity (Wildman–Crippen MR) is 77.5 cm³/mol. The summed E-state index contributed by atoms with van der Waals surface area (Å²) in [5, 5.41) is 0. The number of nitrogens with two attached hydrogens (primary N) is 1. The van der Waals surface area contributed by atoms with Crippen molar-refractivity contribution in [2.75, 3.05) is 13.2 Å². The molecule has 5 heteroatoms. The third-order valence-electron chi connectivity index (χ3n) is 3.02. The van der Waals surface area contributed by atoms with E-state index in [1.165, 1.54) is 4.90 Å². The Morgan fingerprint density at radius 1 is 1.25 bits per heavy atom. The van der Waals surface area contributed by atoms with Gasteiger partial charge in [-0.2, -0.15) is 0 Å². The molecule has 1 aromatic rings. The second-order valence-electron chi connectivity index (χ2n) is 5.09. The Balaban J connectivity index is 2.72. The van der Waals surface area contributed by atoms with Gasteiger partial charge in [0.15, 0.2) is 6.61 Å². The molecule has 2 N–H and O–H groups in total. The Kier molecular flexibility index (Phi) is 5.55. The molecule has 0 heterocycles. The van der Waals surface area contributed by atoms with Gasteiger partial charge in [0.2, 0.25) is 5.91 Å². The molecule has 0 radical (unpaired) electrons. The maximum Gasteiger partial charge on any atom is 0.261 e. The largest absolute Gasteiger partial charge is 0.483 e. The van der Waals surface area contributed by atoms with Crippen molar-refractivity contribution in [2.45, 2.75) is 33.7 Å². The van der Waals surface area contributed by atoms with Gasteiger partial charge in [-0.05, 0) is 38.8 Å². The van der Waals surface area contributed by atoms with Crippen LogP contribution >= 0.6 is 0 Å². The van der Waals surface area contributed by atoms with Crippen LogP contribution < -0.4 is 10.5 Å². The van der Waals surface area contributed by atoms with E-state index in [9.17, 15) is 9.59 Å². The fourth-order valence-corrected chi connectivity index (χ4v) is 1.97. The van der Waals surface area contributed by atoms with Crippen molar-refractivity contribution in [3.8, 4) is 5.75 Å². The van der Waals surface area contributed by atoms with Crippen LogP contribution in [0.25, 0.3) is 0 Å². The summed E-state index contributed by atoms with van der Waals surface area (Å²) >= 11 is 0. The molecule has 0 spiro atoms. The molecule has 0 saturated carbocycles. The van der Waals surface area contributed by atoms with Crippen LogP contribution in [0.1, 0.15) is 25.0 Å². The van der Waals surface area contributed by atoms with E-state index in [0.717, 1.165) is 11.1 Å². The molecule has 0 atom stereocenters. The molecular weight excluding hydrogens is 256 g/mol. The zero-order valence-electron chi connectivity index (χ0n) is 12.5. The van der Waals surface area contributed by atoms with E-state index < -0.39 is 5.91 Å². The molecule has 0 unspecified atom stereocenters. The number of aryl methyl sites for hydroxylation is 2. The third kappa shape index (κ3) is 4.26. The average molecular weight is 278 g/mol. The molecule has 0 aliphatic heterocycles. The highest BCUT2D eigenvalue weighted by atomic mass is 16.5. The topological polar surface area (TPSA) is 72.6 Å². The van der Waals surface area contributed by atoms with Gasteiger partial charge in [-0.25, -0.2) is 0 Å². The second-order valence-corrected chi connectivity index (χ2v) is 5.09. The maximum absolute atomic E-state index is 12.1. The van der Waals surface area contributed by atoms with E-state index in [-0.39, 0.29) is 25.1 Å². The molecular formula is C15H22N2O3. The minimum atomic E-state index is -0.529. The van der Waals surface area contributed by atoms with E-state index in [1.54, 1.807) is 0 Å². The number of para-hydroxylation sites is 1. The maximum atomic E-state index is 12.1. The third-order valence-corrected chi connectivity index (χ3v) is 3.02. The Labute approximate surface area is 119 Å². The predicted octanol–water partition coefficient (Wildman–Crippen LogP) is 1.40. The standard InChI is InChI=1S/C15H22N2O3/c1-10(2)17(8-13(16)18)14(19)9-20-15-11(3)6-5-7-12(15)4/h5-7,10H,8-9H2,1-4H3,(H2,16,18). The lowest BCUT2D eigenvalue weighted by molar-refractivity contribution is -0.138. The minimum Gasteiger partial charge on any atom is -0.483 e.